The molecule has 0 unspecified atom stereocenters. The van der Waals surface area contributed by atoms with E-state index in [1.165, 1.54) is 12.8 Å². The van der Waals surface area contributed by atoms with Gasteiger partial charge in [-0.15, -0.1) is 0 Å². The third-order valence-electron chi connectivity index (χ3n) is 2.44. The molecule has 1 amide bonds. The van der Waals surface area contributed by atoms with E-state index in [0.717, 1.165) is 19.5 Å². The molecule has 0 radical (unpaired) electrons. The molecular formula is C11H21NO2. The van der Waals surface area contributed by atoms with E-state index in [1.54, 1.807) is 0 Å². The number of ether oxygens (including phenoxy) is 1. The highest BCUT2D eigenvalue weighted by molar-refractivity contribution is 5.76. The van der Waals surface area contributed by atoms with Crippen LogP contribution >= 0.6 is 0 Å². The maximum atomic E-state index is 11.6. The minimum Gasteiger partial charge on any atom is -0.379 e. The van der Waals surface area contributed by atoms with Crippen LogP contribution in [0.15, 0.2) is 0 Å². The summed E-state index contributed by atoms with van der Waals surface area (Å²) in [6, 6.07) is 0. The summed E-state index contributed by atoms with van der Waals surface area (Å²) in [4.78, 5) is 13.5. The van der Waals surface area contributed by atoms with Gasteiger partial charge in [0.15, 0.2) is 0 Å². The first-order valence-electron chi connectivity index (χ1n) is 5.59. The van der Waals surface area contributed by atoms with Gasteiger partial charge in [0.2, 0.25) is 5.91 Å². The van der Waals surface area contributed by atoms with E-state index < -0.39 is 0 Å². The second kappa shape index (κ2) is 6.02. The predicted octanol–water partition coefficient (Wildman–Crippen LogP) is 1.81. The molecule has 0 bridgehead atoms. The Labute approximate surface area is 86.4 Å². The summed E-state index contributed by atoms with van der Waals surface area (Å²) in [5.74, 6) is 0.301. The number of carbonyl (C=O) groups is 1. The van der Waals surface area contributed by atoms with Crippen LogP contribution in [0.4, 0.5) is 0 Å². The highest BCUT2D eigenvalue weighted by atomic mass is 16.5. The Bertz CT molecular complexity index is 174. The molecular weight excluding hydrogens is 178 g/mol. The molecule has 1 rings (SSSR count). The Morgan fingerprint density at radius 1 is 1.36 bits per heavy atom. The first kappa shape index (κ1) is 11.5. The van der Waals surface area contributed by atoms with Crippen LogP contribution in [-0.4, -0.2) is 36.6 Å². The van der Waals surface area contributed by atoms with Gasteiger partial charge in [0.05, 0.1) is 6.10 Å². The van der Waals surface area contributed by atoms with Gasteiger partial charge in [-0.05, 0) is 33.1 Å². The lowest BCUT2D eigenvalue weighted by Gasteiger charge is -2.15. The number of rotatable bonds is 5. The number of amides is 1. The fourth-order valence-corrected chi connectivity index (χ4v) is 1.67. The van der Waals surface area contributed by atoms with Gasteiger partial charge >= 0.3 is 0 Å². The second-order valence-electron chi connectivity index (χ2n) is 4.11. The largest absolute Gasteiger partial charge is 0.379 e. The molecule has 1 aliphatic heterocycles. The topological polar surface area (TPSA) is 29.5 Å². The SMILES string of the molecule is CC(C)OCCCC(=O)N1CCCC1. The summed E-state index contributed by atoms with van der Waals surface area (Å²) >= 11 is 0. The Morgan fingerprint density at radius 3 is 2.57 bits per heavy atom. The van der Waals surface area contributed by atoms with Gasteiger partial charge in [-0.2, -0.15) is 0 Å². The third-order valence-corrected chi connectivity index (χ3v) is 2.44. The molecule has 0 aromatic heterocycles. The van der Waals surface area contributed by atoms with Crippen molar-refractivity contribution in [2.75, 3.05) is 19.7 Å². The minimum absolute atomic E-state index is 0.275. The molecule has 3 nitrogen and oxygen atoms in total. The maximum absolute atomic E-state index is 11.6. The van der Waals surface area contributed by atoms with E-state index in [1.807, 2.05) is 18.7 Å². The highest BCUT2D eigenvalue weighted by Gasteiger charge is 2.16. The molecule has 3 heteroatoms. The first-order valence-corrected chi connectivity index (χ1v) is 5.59. The van der Waals surface area contributed by atoms with E-state index in [2.05, 4.69) is 0 Å². The molecule has 82 valence electrons. The monoisotopic (exact) mass is 199 g/mol. The molecule has 0 spiro atoms. The summed E-state index contributed by atoms with van der Waals surface area (Å²) in [5, 5.41) is 0. The van der Waals surface area contributed by atoms with Gasteiger partial charge in [0.25, 0.3) is 0 Å². The van der Waals surface area contributed by atoms with E-state index in [4.69, 9.17) is 4.74 Å². The zero-order valence-corrected chi connectivity index (χ0v) is 9.29. The van der Waals surface area contributed by atoms with Gasteiger partial charge in [0, 0.05) is 26.1 Å². The maximum Gasteiger partial charge on any atom is 0.222 e. The Morgan fingerprint density at radius 2 is 2.00 bits per heavy atom. The lowest BCUT2D eigenvalue weighted by molar-refractivity contribution is -0.130. The summed E-state index contributed by atoms with van der Waals surface area (Å²) in [6.45, 7) is 6.66. The van der Waals surface area contributed by atoms with Crippen molar-refractivity contribution in [2.45, 2.75) is 45.6 Å². The number of carbonyl (C=O) groups excluding carboxylic acids is 1. The van der Waals surface area contributed by atoms with Crippen molar-refractivity contribution in [1.82, 2.24) is 4.90 Å². The number of nitrogens with zero attached hydrogens (tertiary/aromatic N) is 1. The highest BCUT2D eigenvalue weighted by Crippen LogP contribution is 2.09. The molecule has 0 aliphatic carbocycles. The zero-order valence-electron chi connectivity index (χ0n) is 9.29. The van der Waals surface area contributed by atoms with E-state index in [9.17, 15) is 4.79 Å². The molecule has 0 N–H and O–H groups in total. The average molecular weight is 199 g/mol. The van der Waals surface area contributed by atoms with Crippen molar-refractivity contribution in [3.8, 4) is 0 Å². The molecule has 0 aromatic carbocycles. The van der Waals surface area contributed by atoms with E-state index >= 15 is 0 Å². The average Bonchev–Trinajstić information content (AvgIpc) is 2.64. The van der Waals surface area contributed by atoms with Crippen LogP contribution in [0.5, 0.6) is 0 Å². The van der Waals surface area contributed by atoms with Crippen molar-refractivity contribution < 1.29 is 9.53 Å². The lowest BCUT2D eigenvalue weighted by atomic mass is 10.3. The van der Waals surface area contributed by atoms with Crippen molar-refractivity contribution >= 4 is 5.91 Å². The molecule has 0 aromatic rings. The molecule has 1 saturated heterocycles. The molecule has 1 aliphatic rings. The second-order valence-corrected chi connectivity index (χ2v) is 4.11. The van der Waals surface area contributed by atoms with Crippen LogP contribution in [-0.2, 0) is 9.53 Å². The fourth-order valence-electron chi connectivity index (χ4n) is 1.67. The van der Waals surface area contributed by atoms with Crippen molar-refractivity contribution in [2.24, 2.45) is 0 Å². The van der Waals surface area contributed by atoms with Crippen LogP contribution in [0, 0.1) is 0 Å². The molecule has 1 heterocycles. The van der Waals surface area contributed by atoms with Gasteiger partial charge < -0.3 is 9.64 Å². The van der Waals surface area contributed by atoms with Gasteiger partial charge in [-0.3, -0.25) is 4.79 Å². The summed E-state index contributed by atoms with van der Waals surface area (Å²) in [6.07, 6.45) is 4.12. The smallest absolute Gasteiger partial charge is 0.222 e. The lowest BCUT2D eigenvalue weighted by Crippen LogP contribution is -2.27. The summed E-state index contributed by atoms with van der Waals surface area (Å²) in [5.41, 5.74) is 0. The molecule has 0 saturated carbocycles. The number of hydrogen-bond acceptors (Lipinski definition) is 2. The quantitative estimate of drug-likeness (QED) is 0.632. The van der Waals surface area contributed by atoms with Gasteiger partial charge in [-0.1, -0.05) is 0 Å². The number of likely N-dealkylation sites (tertiary alicyclic amines) is 1. The first-order chi connectivity index (χ1) is 6.70. The third kappa shape index (κ3) is 4.09. The summed E-state index contributed by atoms with van der Waals surface area (Å²) in [7, 11) is 0. The predicted molar refractivity (Wildman–Crippen MR) is 56.1 cm³/mol. The normalized spacial score (nSPS) is 16.6. The fraction of sp³-hybridized carbons (Fsp3) is 0.909. The van der Waals surface area contributed by atoms with Crippen molar-refractivity contribution in [3.05, 3.63) is 0 Å². The molecule has 14 heavy (non-hydrogen) atoms. The standard InChI is InChI=1S/C11H21NO2/c1-10(2)14-9-5-6-11(13)12-7-3-4-8-12/h10H,3-9H2,1-2H3. The van der Waals surface area contributed by atoms with Gasteiger partial charge in [-0.25, -0.2) is 0 Å². The zero-order chi connectivity index (χ0) is 10.4. The van der Waals surface area contributed by atoms with Crippen LogP contribution < -0.4 is 0 Å². The van der Waals surface area contributed by atoms with Crippen LogP contribution in [0.2, 0.25) is 0 Å². The summed E-state index contributed by atoms with van der Waals surface area (Å²) < 4.78 is 5.38. The van der Waals surface area contributed by atoms with Crippen LogP contribution in [0.1, 0.15) is 39.5 Å². The Kier molecular flexibility index (Phi) is 4.94. The van der Waals surface area contributed by atoms with Crippen molar-refractivity contribution in [3.63, 3.8) is 0 Å². The van der Waals surface area contributed by atoms with E-state index in [-0.39, 0.29) is 6.10 Å². The molecule has 0 atom stereocenters. The Hall–Kier alpha value is -0.570. The van der Waals surface area contributed by atoms with E-state index in [0.29, 0.717) is 18.9 Å². The van der Waals surface area contributed by atoms with Crippen LogP contribution in [0.3, 0.4) is 0 Å². The van der Waals surface area contributed by atoms with Gasteiger partial charge in [0.1, 0.15) is 0 Å². The minimum atomic E-state index is 0.275. The van der Waals surface area contributed by atoms with Crippen LogP contribution in [0.25, 0.3) is 0 Å². The van der Waals surface area contributed by atoms with Crippen molar-refractivity contribution in [1.29, 1.82) is 0 Å². The Balaban J connectivity index is 2.03. The molecule has 1 fully saturated rings. The number of hydrogen-bond donors (Lipinski definition) is 0.